The molecule has 4 heteroatoms. The van der Waals surface area contributed by atoms with E-state index in [1.165, 1.54) is 0 Å². The lowest BCUT2D eigenvalue weighted by atomic mass is 10.1. The summed E-state index contributed by atoms with van der Waals surface area (Å²) in [5, 5.41) is 2.79. The molecule has 15 heavy (non-hydrogen) atoms. The minimum absolute atomic E-state index is 0.198. The lowest BCUT2D eigenvalue weighted by Crippen LogP contribution is -2.27. The lowest BCUT2D eigenvalue weighted by Gasteiger charge is -2.05. The van der Waals surface area contributed by atoms with Crippen LogP contribution in [0.3, 0.4) is 0 Å². The molecule has 4 nitrogen and oxygen atoms in total. The molecule has 0 bridgehead atoms. The molecule has 1 aromatic heterocycles. The molecule has 1 amide bonds. The smallest absolute Gasteiger partial charge is 0.289 e. The summed E-state index contributed by atoms with van der Waals surface area (Å²) < 4.78 is 0. The van der Waals surface area contributed by atoms with Gasteiger partial charge < -0.3 is 5.32 Å². The van der Waals surface area contributed by atoms with Crippen molar-refractivity contribution in [3.63, 3.8) is 0 Å². The second kappa shape index (κ2) is 5.44. The number of aryl methyl sites for hydroxylation is 1. The molecule has 0 saturated heterocycles. The van der Waals surface area contributed by atoms with Crippen LogP contribution in [-0.4, -0.2) is 22.4 Å². The minimum atomic E-state index is -0.198. The summed E-state index contributed by atoms with van der Waals surface area (Å²) in [6.45, 7) is 6.80. The summed E-state index contributed by atoms with van der Waals surface area (Å²) >= 11 is 0. The van der Waals surface area contributed by atoms with Crippen molar-refractivity contribution in [2.24, 2.45) is 5.92 Å². The molecule has 0 atom stereocenters. The molecule has 82 valence electrons. The fourth-order valence-corrected chi connectivity index (χ4v) is 1.06. The number of hydrogen-bond acceptors (Lipinski definition) is 3. The molecule has 0 aliphatic heterocycles. The standard InChI is InChI=1S/C11H17N3O/c1-8(2)4-5-12-11(15)10-13-6-9(3)7-14-10/h6-8H,4-5H2,1-3H3,(H,12,15). The van der Waals surface area contributed by atoms with Gasteiger partial charge in [0.2, 0.25) is 5.82 Å². The monoisotopic (exact) mass is 207 g/mol. The first-order chi connectivity index (χ1) is 7.09. The highest BCUT2D eigenvalue weighted by atomic mass is 16.2. The van der Waals surface area contributed by atoms with E-state index in [-0.39, 0.29) is 11.7 Å². The molecule has 1 heterocycles. The number of rotatable bonds is 4. The van der Waals surface area contributed by atoms with Gasteiger partial charge in [0, 0.05) is 18.9 Å². The van der Waals surface area contributed by atoms with Gasteiger partial charge in [0.15, 0.2) is 0 Å². The van der Waals surface area contributed by atoms with Gasteiger partial charge in [-0.05, 0) is 24.8 Å². The van der Waals surface area contributed by atoms with Crippen LogP contribution in [0.4, 0.5) is 0 Å². The summed E-state index contributed by atoms with van der Waals surface area (Å²) in [6.07, 6.45) is 4.26. The largest absolute Gasteiger partial charge is 0.349 e. The van der Waals surface area contributed by atoms with Gasteiger partial charge in [0.25, 0.3) is 5.91 Å². The second-order valence-electron chi connectivity index (χ2n) is 4.02. The van der Waals surface area contributed by atoms with E-state index in [2.05, 4.69) is 29.1 Å². The molecule has 0 aliphatic rings. The first kappa shape index (κ1) is 11.6. The molecule has 0 spiro atoms. The SMILES string of the molecule is Cc1cnc(C(=O)NCCC(C)C)nc1. The van der Waals surface area contributed by atoms with Gasteiger partial charge in [-0.3, -0.25) is 4.79 Å². The molecule has 1 aromatic rings. The maximum Gasteiger partial charge on any atom is 0.289 e. The average Bonchev–Trinajstić information content (AvgIpc) is 2.18. The Hall–Kier alpha value is -1.45. The van der Waals surface area contributed by atoms with Gasteiger partial charge in [-0.1, -0.05) is 13.8 Å². The first-order valence-electron chi connectivity index (χ1n) is 5.16. The van der Waals surface area contributed by atoms with Gasteiger partial charge in [0.1, 0.15) is 0 Å². The Bertz CT molecular complexity index is 319. The third-order valence-corrected chi connectivity index (χ3v) is 1.99. The van der Waals surface area contributed by atoms with E-state index in [0.717, 1.165) is 12.0 Å². The predicted octanol–water partition coefficient (Wildman–Crippen LogP) is 1.56. The van der Waals surface area contributed by atoms with Crippen LogP contribution in [0.2, 0.25) is 0 Å². The molecule has 0 unspecified atom stereocenters. The zero-order valence-corrected chi connectivity index (χ0v) is 9.45. The van der Waals surface area contributed by atoms with Gasteiger partial charge in [0.05, 0.1) is 0 Å². The van der Waals surface area contributed by atoms with E-state index in [4.69, 9.17) is 0 Å². The lowest BCUT2D eigenvalue weighted by molar-refractivity contribution is 0.0941. The number of amides is 1. The van der Waals surface area contributed by atoms with Crippen LogP contribution in [0, 0.1) is 12.8 Å². The maximum atomic E-state index is 11.5. The van der Waals surface area contributed by atoms with Crippen molar-refractivity contribution < 1.29 is 4.79 Å². The number of carbonyl (C=O) groups is 1. The number of carbonyl (C=O) groups excluding carboxylic acids is 1. The molecular formula is C11H17N3O. The molecule has 1 rings (SSSR count). The van der Waals surface area contributed by atoms with Crippen LogP contribution in [-0.2, 0) is 0 Å². The highest BCUT2D eigenvalue weighted by Crippen LogP contribution is 1.97. The first-order valence-corrected chi connectivity index (χ1v) is 5.16. The summed E-state index contributed by atoms with van der Waals surface area (Å²) in [6, 6.07) is 0. The van der Waals surface area contributed by atoms with E-state index < -0.39 is 0 Å². The van der Waals surface area contributed by atoms with E-state index in [1.54, 1.807) is 12.4 Å². The normalized spacial score (nSPS) is 10.4. The van der Waals surface area contributed by atoms with Crippen LogP contribution >= 0.6 is 0 Å². The molecule has 0 fully saturated rings. The molecule has 1 N–H and O–H groups in total. The number of hydrogen-bond donors (Lipinski definition) is 1. The summed E-state index contributed by atoms with van der Waals surface area (Å²) in [4.78, 5) is 19.4. The topological polar surface area (TPSA) is 54.9 Å². The summed E-state index contributed by atoms with van der Waals surface area (Å²) in [7, 11) is 0. The number of nitrogens with one attached hydrogen (secondary N) is 1. The quantitative estimate of drug-likeness (QED) is 0.815. The Morgan fingerprint density at radius 1 is 1.40 bits per heavy atom. The zero-order chi connectivity index (χ0) is 11.3. The van der Waals surface area contributed by atoms with Crippen molar-refractivity contribution in [3.05, 3.63) is 23.8 Å². The van der Waals surface area contributed by atoms with Crippen LogP contribution in [0.25, 0.3) is 0 Å². The van der Waals surface area contributed by atoms with Crippen LogP contribution in [0.1, 0.15) is 36.5 Å². The van der Waals surface area contributed by atoms with Crippen molar-refractivity contribution in [2.45, 2.75) is 27.2 Å². The van der Waals surface area contributed by atoms with E-state index in [0.29, 0.717) is 12.5 Å². The van der Waals surface area contributed by atoms with Gasteiger partial charge >= 0.3 is 0 Å². The average molecular weight is 207 g/mol. The summed E-state index contributed by atoms with van der Waals surface area (Å²) in [5.41, 5.74) is 0.953. The molecule has 0 aromatic carbocycles. The Morgan fingerprint density at radius 3 is 2.53 bits per heavy atom. The van der Waals surface area contributed by atoms with Crippen molar-refractivity contribution in [2.75, 3.05) is 6.54 Å². The van der Waals surface area contributed by atoms with Crippen molar-refractivity contribution in [3.8, 4) is 0 Å². The Morgan fingerprint density at radius 2 is 2.00 bits per heavy atom. The number of nitrogens with zero attached hydrogens (tertiary/aromatic N) is 2. The highest BCUT2D eigenvalue weighted by Gasteiger charge is 2.07. The van der Waals surface area contributed by atoms with Crippen LogP contribution in [0.5, 0.6) is 0 Å². The van der Waals surface area contributed by atoms with Gasteiger partial charge in [-0.15, -0.1) is 0 Å². The van der Waals surface area contributed by atoms with E-state index in [9.17, 15) is 4.79 Å². The van der Waals surface area contributed by atoms with Gasteiger partial charge in [-0.25, -0.2) is 9.97 Å². The Labute approximate surface area is 90.1 Å². The predicted molar refractivity (Wildman–Crippen MR) is 58.6 cm³/mol. The fraction of sp³-hybridized carbons (Fsp3) is 0.545. The summed E-state index contributed by atoms with van der Waals surface area (Å²) in [5.74, 6) is 0.629. The Kier molecular flexibility index (Phi) is 4.21. The second-order valence-corrected chi connectivity index (χ2v) is 4.02. The van der Waals surface area contributed by atoms with E-state index in [1.807, 2.05) is 6.92 Å². The van der Waals surface area contributed by atoms with Crippen molar-refractivity contribution in [1.29, 1.82) is 0 Å². The fourth-order valence-electron chi connectivity index (χ4n) is 1.06. The van der Waals surface area contributed by atoms with Crippen LogP contribution < -0.4 is 5.32 Å². The minimum Gasteiger partial charge on any atom is -0.349 e. The molecule has 0 aliphatic carbocycles. The van der Waals surface area contributed by atoms with Crippen molar-refractivity contribution >= 4 is 5.91 Å². The number of aromatic nitrogens is 2. The van der Waals surface area contributed by atoms with Gasteiger partial charge in [-0.2, -0.15) is 0 Å². The van der Waals surface area contributed by atoms with E-state index >= 15 is 0 Å². The molecule has 0 saturated carbocycles. The highest BCUT2D eigenvalue weighted by molar-refractivity contribution is 5.90. The van der Waals surface area contributed by atoms with Crippen molar-refractivity contribution in [1.82, 2.24) is 15.3 Å². The third-order valence-electron chi connectivity index (χ3n) is 1.99. The molecule has 0 radical (unpaired) electrons. The molecular weight excluding hydrogens is 190 g/mol. The van der Waals surface area contributed by atoms with Crippen LogP contribution in [0.15, 0.2) is 12.4 Å². The Balaban J connectivity index is 2.43. The maximum absolute atomic E-state index is 11.5. The third kappa shape index (κ3) is 4.06. The zero-order valence-electron chi connectivity index (χ0n) is 9.45.